The van der Waals surface area contributed by atoms with E-state index in [0.29, 0.717) is 6.61 Å². The molecule has 2 unspecified atom stereocenters. The molecule has 0 aliphatic carbocycles. The van der Waals surface area contributed by atoms with Gasteiger partial charge in [0.25, 0.3) is 0 Å². The lowest BCUT2D eigenvalue weighted by Crippen LogP contribution is -2.41. The van der Waals surface area contributed by atoms with Crippen molar-refractivity contribution in [2.24, 2.45) is 5.73 Å². The fourth-order valence-corrected chi connectivity index (χ4v) is 0.496. The van der Waals surface area contributed by atoms with Crippen LogP contribution in [0.5, 0.6) is 0 Å². The summed E-state index contributed by atoms with van der Waals surface area (Å²) in [5.41, 5.74) is 5.28. The van der Waals surface area contributed by atoms with Crippen LogP contribution in [-0.4, -0.2) is 29.8 Å². The quantitative estimate of drug-likeness (QED) is 0.626. The van der Waals surface area contributed by atoms with Crippen LogP contribution in [0, 0.1) is 0 Å². The van der Waals surface area contributed by atoms with Crippen molar-refractivity contribution in [1.82, 2.24) is 0 Å². The summed E-state index contributed by atoms with van der Waals surface area (Å²) in [6.07, 6.45) is -0.0856. The van der Waals surface area contributed by atoms with Gasteiger partial charge in [0, 0.05) is 0 Å². The Morgan fingerprint density at radius 3 is 2.50 bits per heavy atom. The highest BCUT2D eigenvalue weighted by Crippen LogP contribution is 1.93. The highest BCUT2D eigenvalue weighted by atomic mass is 35.5. The van der Waals surface area contributed by atoms with Crippen molar-refractivity contribution in [3.8, 4) is 0 Å². The second-order valence-corrected chi connectivity index (χ2v) is 2.43. The lowest BCUT2D eigenvalue weighted by atomic mass is 10.2. The van der Waals surface area contributed by atoms with Crippen molar-refractivity contribution in [2.75, 3.05) is 6.61 Å². The molecule has 0 aliphatic rings. The monoisotopic (exact) mass is 197 g/mol. The third-order valence-corrected chi connectivity index (χ3v) is 1.24. The molecule has 12 heavy (non-hydrogen) atoms. The Bertz CT molecular complexity index is 130. The van der Waals surface area contributed by atoms with Gasteiger partial charge in [0.2, 0.25) is 0 Å². The third-order valence-electron chi connectivity index (χ3n) is 1.24. The average molecular weight is 198 g/mol. The van der Waals surface area contributed by atoms with Crippen LogP contribution in [0.4, 0.5) is 0 Å². The van der Waals surface area contributed by atoms with Crippen LogP contribution in [0.15, 0.2) is 0 Å². The zero-order valence-electron chi connectivity index (χ0n) is 7.32. The van der Waals surface area contributed by atoms with Gasteiger partial charge in [-0.3, -0.25) is 4.79 Å². The molecule has 0 spiro atoms. The molecule has 0 aromatic rings. The van der Waals surface area contributed by atoms with E-state index in [1.807, 2.05) is 6.92 Å². The summed E-state index contributed by atoms with van der Waals surface area (Å²) in [4.78, 5) is 10.8. The lowest BCUT2D eigenvalue weighted by Gasteiger charge is -2.12. The maximum atomic E-state index is 10.8. The number of aliphatic hydroxyl groups is 1. The Balaban J connectivity index is 0. The molecule has 0 rings (SSSR count). The van der Waals surface area contributed by atoms with Crippen molar-refractivity contribution >= 4 is 18.4 Å². The van der Waals surface area contributed by atoms with E-state index in [2.05, 4.69) is 0 Å². The second kappa shape index (κ2) is 7.34. The van der Waals surface area contributed by atoms with E-state index in [1.54, 1.807) is 0 Å². The maximum Gasteiger partial charge on any atom is 0.325 e. The van der Waals surface area contributed by atoms with Crippen molar-refractivity contribution in [1.29, 1.82) is 0 Å². The van der Waals surface area contributed by atoms with E-state index in [1.165, 1.54) is 6.92 Å². The van der Waals surface area contributed by atoms with Crippen LogP contribution in [0.3, 0.4) is 0 Å². The van der Waals surface area contributed by atoms with Crippen molar-refractivity contribution in [2.45, 2.75) is 32.4 Å². The van der Waals surface area contributed by atoms with Crippen LogP contribution >= 0.6 is 12.4 Å². The first-order chi connectivity index (χ1) is 5.09. The number of carbonyl (C=O) groups is 1. The number of rotatable bonds is 4. The van der Waals surface area contributed by atoms with Gasteiger partial charge in [0.05, 0.1) is 12.7 Å². The van der Waals surface area contributed by atoms with Crippen LogP contribution in [-0.2, 0) is 9.53 Å². The molecule has 0 saturated carbocycles. The number of esters is 1. The molecule has 2 atom stereocenters. The third kappa shape index (κ3) is 5.35. The van der Waals surface area contributed by atoms with Gasteiger partial charge in [0.15, 0.2) is 0 Å². The molecule has 74 valence electrons. The molecule has 0 radical (unpaired) electrons. The van der Waals surface area contributed by atoms with Gasteiger partial charge in [-0.2, -0.15) is 0 Å². The van der Waals surface area contributed by atoms with E-state index in [-0.39, 0.29) is 12.4 Å². The molecule has 0 aromatic carbocycles. The van der Waals surface area contributed by atoms with E-state index < -0.39 is 18.1 Å². The van der Waals surface area contributed by atoms with Crippen LogP contribution in [0.2, 0.25) is 0 Å². The van der Waals surface area contributed by atoms with Gasteiger partial charge in [-0.15, -0.1) is 12.4 Å². The first-order valence-electron chi connectivity index (χ1n) is 3.69. The Morgan fingerprint density at radius 1 is 1.67 bits per heavy atom. The summed E-state index contributed by atoms with van der Waals surface area (Å²) >= 11 is 0. The zero-order valence-corrected chi connectivity index (χ0v) is 8.13. The van der Waals surface area contributed by atoms with Gasteiger partial charge in [-0.1, -0.05) is 6.92 Å². The van der Waals surface area contributed by atoms with Gasteiger partial charge < -0.3 is 15.6 Å². The molecule has 0 aliphatic heterocycles. The van der Waals surface area contributed by atoms with Crippen molar-refractivity contribution < 1.29 is 14.6 Å². The Hall–Kier alpha value is -0.320. The summed E-state index contributed by atoms with van der Waals surface area (Å²) < 4.78 is 4.69. The fourth-order valence-electron chi connectivity index (χ4n) is 0.496. The molecular formula is C7H16ClNO3. The standard InChI is InChI=1S/C7H15NO3.ClH/c1-3-4-11-7(10)6(8)5(2)9;/h5-6,9H,3-4,8H2,1-2H3;1H. The maximum absolute atomic E-state index is 10.8. The molecule has 0 saturated heterocycles. The van der Waals surface area contributed by atoms with Gasteiger partial charge in [-0.25, -0.2) is 0 Å². The summed E-state index contributed by atoms with van der Waals surface area (Å²) in [7, 11) is 0. The predicted molar refractivity (Wildman–Crippen MR) is 48.2 cm³/mol. The minimum atomic E-state index is -0.915. The highest BCUT2D eigenvalue weighted by Gasteiger charge is 2.19. The molecule has 0 amide bonds. The van der Waals surface area contributed by atoms with E-state index in [0.717, 1.165) is 6.42 Å². The Morgan fingerprint density at radius 2 is 2.17 bits per heavy atom. The van der Waals surface area contributed by atoms with Crippen molar-refractivity contribution in [3.05, 3.63) is 0 Å². The zero-order chi connectivity index (χ0) is 8.85. The van der Waals surface area contributed by atoms with Gasteiger partial charge in [-0.05, 0) is 13.3 Å². The molecule has 0 bridgehead atoms. The number of halogens is 1. The second-order valence-electron chi connectivity index (χ2n) is 2.43. The topological polar surface area (TPSA) is 72.5 Å². The smallest absolute Gasteiger partial charge is 0.325 e. The number of carbonyl (C=O) groups excluding carboxylic acids is 1. The molecule has 5 heteroatoms. The normalized spacial score (nSPS) is 14.3. The summed E-state index contributed by atoms with van der Waals surface area (Å²) in [5, 5.41) is 8.86. The SMILES string of the molecule is CCCOC(=O)C(N)C(C)O.Cl. The highest BCUT2D eigenvalue weighted by molar-refractivity contribution is 5.85. The van der Waals surface area contributed by atoms with Gasteiger partial charge >= 0.3 is 5.97 Å². The molecular weight excluding hydrogens is 182 g/mol. The summed E-state index contributed by atoms with van der Waals surface area (Å²) in [5.74, 6) is -0.540. The Kier molecular flexibility index (Phi) is 8.69. The van der Waals surface area contributed by atoms with E-state index in [4.69, 9.17) is 15.6 Å². The van der Waals surface area contributed by atoms with Crippen LogP contribution in [0.1, 0.15) is 20.3 Å². The van der Waals surface area contributed by atoms with Gasteiger partial charge in [0.1, 0.15) is 6.04 Å². The molecule has 0 aromatic heterocycles. The molecule has 3 N–H and O–H groups in total. The predicted octanol–water partition coefficient (Wildman–Crippen LogP) is 0.0695. The first kappa shape index (κ1) is 14.2. The molecule has 0 heterocycles. The largest absolute Gasteiger partial charge is 0.464 e. The lowest BCUT2D eigenvalue weighted by molar-refractivity contribution is -0.147. The minimum absolute atomic E-state index is 0. The average Bonchev–Trinajstić information content (AvgIpc) is 1.98. The van der Waals surface area contributed by atoms with E-state index >= 15 is 0 Å². The number of hydrogen-bond donors (Lipinski definition) is 2. The van der Waals surface area contributed by atoms with Crippen LogP contribution in [0.25, 0.3) is 0 Å². The number of ether oxygens (including phenoxy) is 1. The molecule has 4 nitrogen and oxygen atoms in total. The Labute approximate surface area is 78.5 Å². The summed E-state index contributed by atoms with van der Waals surface area (Å²) in [6, 6.07) is -0.915. The minimum Gasteiger partial charge on any atom is -0.464 e. The number of hydrogen-bond acceptors (Lipinski definition) is 4. The van der Waals surface area contributed by atoms with E-state index in [9.17, 15) is 4.79 Å². The van der Waals surface area contributed by atoms with Crippen molar-refractivity contribution in [3.63, 3.8) is 0 Å². The molecule has 0 fully saturated rings. The van der Waals surface area contributed by atoms with Crippen LogP contribution < -0.4 is 5.73 Å². The number of aliphatic hydroxyl groups excluding tert-OH is 1. The fraction of sp³-hybridized carbons (Fsp3) is 0.857. The number of nitrogens with two attached hydrogens (primary N) is 1. The first-order valence-corrected chi connectivity index (χ1v) is 3.69. The summed E-state index contributed by atoms with van der Waals surface area (Å²) in [6.45, 7) is 3.71.